The third-order valence-electron chi connectivity index (χ3n) is 0. The fourth-order valence-electron chi connectivity index (χ4n) is 0. The van der Waals surface area contributed by atoms with Gasteiger partial charge in [0.05, 0.1) is 0 Å². The first-order valence-electron chi connectivity index (χ1n) is 0.612. The summed E-state index contributed by atoms with van der Waals surface area (Å²) in [5.41, 5.74) is 0. The summed E-state index contributed by atoms with van der Waals surface area (Å²) in [5.74, 6) is 0. The van der Waals surface area contributed by atoms with Crippen molar-refractivity contribution in [2.75, 3.05) is 0 Å². The van der Waals surface area contributed by atoms with E-state index >= 15 is 0 Å². The van der Waals surface area contributed by atoms with Crippen LogP contribution in [0, 0.1) is 0 Å². The standard InChI is InChI=1S/2FH.2Li.2Mg.2Na.O3Si.6H/c;;;;;;;;1-4(2)3;;;;;;/h2*1H;;;;;;;;;;;;;/q;;2*+1;;;;;-2;;;;;;. The SMILES string of the molecule is F.F.O=[Si]([O-])[O-].[Li+].[Li+].[MgH2].[MgH2].[NaH].[NaH]. The van der Waals surface area contributed by atoms with Gasteiger partial charge in [0.2, 0.25) is 0 Å². The van der Waals surface area contributed by atoms with E-state index in [-0.39, 0.29) is 152 Å². The van der Waals surface area contributed by atoms with Gasteiger partial charge in [-0.3, -0.25) is 9.41 Å². The second-order valence-corrected chi connectivity index (χ2v) is 0.750. The first-order chi connectivity index (χ1) is 1.73. The van der Waals surface area contributed by atoms with Gasteiger partial charge in [0.1, 0.15) is 0 Å². The first kappa shape index (κ1) is 72.2. The van der Waals surface area contributed by atoms with Crippen molar-refractivity contribution in [3.63, 3.8) is 0 Å². The van der Waals surface area contributed by atoms with Crippen LogP contribution in [-0.2, 0) is 4.46 Å². The molecule has 0 amide bonds. The molecule has 0 rings (SSSR count). The van der Waals surface area contributed by atoms with Gasteiger partial charge in [-0.2, -0.15) is 0 Å². The van der Waals surface area contributed by atoms with Crippen LogP contribution in [0.5, 0.6) is 0 Å². The fourth-order valence-corrected chi connectivity index (χ4v) is 0. The van der Waals surface area contributed by atoms with Gasteiger partial charge >= 0.3 is 143 Å². The molecule has 0 atom stereocenters. The Kier molecular flexibility index (Phi) is 355. The summed E-state index contributed by atoms with van der Waals surface area (Å²) in [5, 5.41) is 0. The molecule has 0 aromatic carbocycles. The molecule has 52 valence electrons. The van der Waals surface area contributed by atoms with Gasteiger partial charge < -0.3 is 14.1 Å². The Morgan fingerprint density at radius 2 is 0.833 bits per heavy atom. The van der Waals surface area contributed by atoms with Gasteiger partial charge in [0.25, 0.3) is 0 Å². The Hall–Kier alpha value is 4.20. The van der Waals surface area contributed by atoms with Gasteiger partial charge in [0, 0.05) is 9.17 Å². The number of rotatable bonds is 0. The van der Waals surface area contributed by atoms with Crippen LogP contribution in [0.25, 0.3) is 0 Å². The Morgan fingerprint density at radius 3 is 0.833 bits per heavy atom. The van der Waals surface area contributed by atoms with Gasteiger partial charge in [-0.15, -0.1) is 0 Å². The molecule has 0 saturated heterocycles. The van der Waals surface area contributed by atoms with Crippen molar-refractivity contribution in [3.05, 3.63) is 0 Å². The Labute approximate surface area is 172 Å². The van der Waals surface area contributed by atoms with Crippen molar-refractivity contribution in [2.45, 2.75) is 0 Å². The van der Waals surface area contributed by atoms with Crippen molar-refractivity contribution in [3.8, 4) is 0 Å². The second kappa shape index (κ2) is 59.1. The molecular weight excluding hydrogens is 223 g/mol. The molecule has 0 fully saturated rings. The average Bonchev–Trinajstić information content (AvgIpc) is 0.811. The molecule has 3 nitrogen and oxygen atoms in total. The van der Waals surface area contributed by atoms with Gasteiger partial charge in [-0.05, 0) is 0 Å². The van der Waals surface area contributed by atoms with Gasteiger partial charge in [-0.25, -0.2) is 0 Å². The third kappa shape index (κ3) is 140. The van der Waals surface area contributed by atoms with E-state index in [0.717, 1.165) is 0 Å². The molecule has 0 N–H and O–H groups in total. The normalized spacial score (nSPS) is 2.00. The molecule has 12 heavy (non-hydrogen) atoms. The molecule has 0 radical (unpaired) electrons. The van der Waals surface area contributed by atoms with Gasteiger partial charge in [0.15, 0.2) is 0 Å². The Balaban J connectivity index is -0.00000000161. The molecule has 12 heteroatoms. The average molecular weight is 231 g/mol. The number of hydrogen-bond acceptors (Lipinski definition) is 3. The van der Waals surface area contributed by atoms with E-state index in [0.29, 0.717) is 0 Å². The van der Waals surface area contributed by atoms with Crippen molar-refractivity contribution < 1.29 is 61.2 Å². The predicted octanol–water partition coefficient (Wildman–Crippen LogP) is -11.7. The zero-order valence-corrected chi connectivity index (χ0v) is 5.54. The summed E-state index contributed by atoms with van der Waals surface area (Å²) < 4.78 is 8.52. The summed E-state index contributed by atoms with van der Waals surface area (Å²) in [4.78, 5) is 17.0. The van der Waals surface area contributed by atoms with Crippen molar-refractivity contribution in [2.24, 2.45) is 0 Å². The van der Waals surface area contributed by atoms with Crippen LogP contribution in [0.4, 0.5) is 9.41 Å². The molecular formula is H8F2Li2Mg2Na2O3Si. The monoisotopic (exact) mass is 230 g/mol. The predicted molar refractivity (Wildman–Crippen MR) is 42.8 cm³/mol. The minimum absolute atomic E-state index is 0. The topological polar surface area (TPSA) is 63.2 Å². The fraction of sp³-hybridized carbons (Fsp3) is 0. The molecule has 0 bridgehead atoms. The van der Waals surface area contributed by atoms with Crippen molar-refractivity contribution in [1.82, 2.24) is 0 Å². The Bertz CT molecular complexity index is 53.3. The van der Waals surface area contributed by atoms with Crippen LogP contribution in [0.15, 0.2) is 0 Å². The number of hydrogen-bond donors (Lipinski definition) is 0. The van der Waals surface area contributed by atoms with E-state index < -0.39 is 9.17 Å². The minimum atomic E-state index is -3.63. The summed E-state index contributed by atoms with van der Waals surface area (Å²) in [6.07, 6.45) is 0. The van der Waals surface area contributed by atoms with Gasteiger partial charge in [-0.1, -0.05) is 0 Å². The summed E-state index contributed by atoms with van der Waals surface area (Å²) in [6, 6.07) is 0. The van der Waals surface area contributed by atoms with Crippen LogP contribution in [0.3, 0.4) is 0 Å². The maximum absolute atomic E-state index is 8.52. The molecule has 0 heterocycles. The van der Waals surface area contributed by atoms with E-state index in [1.807, 2.05) is 0 Å². The van der Waals surface area contributed by atoms with E-state index in [1.54, 1.807) is 0 Å². The van der Waals surface area contributed by atoms with Crippen LogP contribution < -0.4 is 47.3 Å². The first-order valence-corrected chi connectivity index (χ1v) is 1.84. The quantitative estimate of drug-likeness (QED) is 0.388. The van der Waals surface area contributed by atoms with Crippen LogP contribution in [0.2, 0.25) is 0 Å². The maximum atomic E-state index is 8.52. The van der Waals surface area contributed by atoms with E-state index in [9.17, 15) is 0 Å². The summed E-state index contributed by atoms with van der Waals surface area (Å²) in [7, 11) is -3.63. The molecule has 0 spiro atoms. The zero-order chi connectivity index (χ0) is 3.58. The molecule has 0 aromatic heterocycles. The molecule has 0 aliphatic rings. The third-order valence-corrected chi connectivity index (χ3v) is 0. The van der Waals surface area contributed by atoms with E-state index in [2.05, 4.69) is 0 Å². The zero-order valence-electron chi connectivity index (χ0n) is 4.54. The Morgan fingerprint density at radius 1 is 0.833 bits per heavy atom. The molecule has 0 aliphatic heterocycles. The molecule has 0 unspecified atom stereocenters. The molecule has 0 aliphatic carbocycles. The number of halogens is 2. The van der Waals surface area contributed by atoms with E-state index in [4.69, 9.17) is 14.1 Å². The van der Waals surface area contributed by atoms with Crippen LogP contribution >= 0.6 is 0 Å². The van der Waals surface area contributed by atoms with E-state index in [1.165, 1.54) is 0 Å². The molecule has 0 saturated carbocycles. The van der Waals surface area contributed by atoms with Crippen molar-refractivity contribution >= 4 is 114 Å². The molecule has 0 aromatic rings. The van der Waals surface area contributed by atoms with Crippen LogP contribution in [-0.4, -0.2) is 114 Å². The summed E-state index contributed by atoms with van der Waals surface area (Å²) in [6.45, 7) is 0. The van der Waals surface area contributed by atoms with Crippen LogP contribution in [0.1, 0.15) is 0 Å². The van der Waals surface area contributed by atoms with Crippen molar-refractivity contribution in [1.29, 1.82) is 0 Å². The second-order valence-electron chi connectivity index (χ2n) is 0.250. The summed E-state index contributed by atoms with van der Waals surface area (Å²) >= 11 is 0.